The van der Waals surface area contributed by atoms with E-state index in [1.807, 2.05) is 30.3 Å². The van der Waals surface area contributed by atoms with Crippen LogP contribution in [0.5, 0.6) is 0 Å². The summed E-state index contributed by atoms with van der Waals surface area (Å²) in [5.41, 5.74) is 0.751. The zero-order valence-corrected chi connectivity index (χ0v) is 11.4. The number of nitrogens with zero attached hydrogens (tertiary/aromatic N) is 3. The molecule has 2 amide bonds. The summed E-state index contributed by atoms with van der Waals surface area (Å²) < 4.78 is 4.67. The van der Waals surface area contributed by atoms with E-state index in [0.717, 1.165) is 5.56 Å². The minimum absolute atomic E-state index is 0.146. The Balaban J connectivity index is 1.88. The number of rotatable bonds is 3. The van der Waals surface area contributed by atoms with Gasteiger partial charge in [0.1, 0.15) is 12.1 Å². The molecule has 1 aromatic carbocycles. The summed E-state index contributed by atoms with van der Waals surface area (Å²) in [6, 6.07) is 7.89. The Hall–Kier alpha value is -2.70. The van der Waals surface area contributed by atoms with Crippen molar-refractivity contribution < 1.29 is 14.1 Å². The van der Waals surface area contributed by atoms with Gasteiger partial charge < -0.3 is 14.7 Å². The predicted octanol–water partition coefficient (Wildman–Crippen LogP) is 0.658. The first-order valence-electron chi connectivity index (χ1n) is 6.58. The molecule has 0 radical (unpaired) electrons. The van der Waals surface area contributed by atoms with Gasteiger partial charge in [0.15, 0.2) is 5.82 Å². The second-order valence-electron chi connectivity index (χ2n) is 4.84. The normalized spacial score (nSPS) is 22.2. The molecular weight excluding hydrogens is 272 g/mol. The molecule has 1 aliphatic heterocycles. The van der Waals surface area contributed by atoms with Crippen molar-refractivity contribution in [3.05, 3.63) is 48.1 Å². The predicted molar refractivity (Wildman–Crippen MR) is 71.6 cm³/mol. The molecule has 21 heavy (non-hydrogen) atoms. The Morgan fingerprint density at radius 3 is 2.71 bits per heavy atom. The fourth-order valence-corrected chi connectivity index (χ4v) is 2.32. The van der Waals surface area contributed by atoms with Gasteiger partial charge >= 0.3 is 0 Å². The van der Waals surface area contributed by atoms with E-state index in [1.165, 1.54) is 11.3 Å². The second kappa shape index (κ2) is 5.35. The van der Waals surface area contributed by atoms with E-state index in [0.29, 0.717) is 5.82 Å². The van der Waals surface area contributed by atoms with Gasteiger partial charge in [-0.15, -0.1) is 0 Å². The lowest BCUT2D eigenvalue weighted by molar-refractivity contribution is -0.149. The van der Waals surface area contributed by atoms with Crippen LogP contribution >= 0.6 is 0 Å². The molecule has 1 fully saturated rings. The summed E-state index contributed by atoms with van der Waals surface area (Å²) in [7, 11) is 0. The molecule has 0 spiro atoms. The average molecular weight is 286 g/mol. The number of carbonyl (C=O) groups is 2. The maximum atomic E-state index is 12.6. The molecule has 3 rings (SSSR count). The lowest BCUT2D eigenvalue weighted by atomic mass is 10.0. The number of nitrogens with one attached hydrogen (secondary N) is 1. The van der Waals surface area contributed by atoms with Crippen LogP contribution in [0.25, 0.3) is 0 Å². The van der Waals surface area contributed by atoms with Gasteiger partial charge in [-0.3, -0.25) is 9.59 Å². The van der Waals surface area contributed by atoms with E-state index in [2.05, 4.69) is 20.0 Å². The molecule has 108 valence electrons. The Bertz CT molecular complexity index is 642. The molecule has 1 aliphatic rings. The van der Waals surface area contributed by atoms with Gasteiger partial charge in [-0.05, 0) is 12.5 Å². The van der Waals surface area contributed by atoms with Crippen molar-refractivity contribution >= 4 is 11.8 Å². The van der Waals surface area contributed by atoms with E-state index in [9.17, 15) is 9.59 Å². The van der Waals surface area contributed by atoms with E-state index in [-0.39, 0.29) is 18.4 Å². The zero-order valence-electron chi connectivity index (χ0n) is 11.4. The first-order chi connectivity index (χ1) is 10.2. The van der Waals surface area contributed by atoms with Crippen molar-refractivity contribution in [3.8, 4) is 0 Å². The Kier molecular flexibility index (Phi) is 3.39. The highest BCUT2D eigenvalue weighted by atomic mass is 16.5. The number of amides is 2. The van der Waals surface area contributed by atoms with Crippen LogP contribution in [-0.4, -0.2) is 32.9 Å². The first kappa shape index (κ1) is 13.3. The van der Waals surface area contributed by atoms with Crippen molar-refractivity contribution in [1.82, 2.24) is 20.4 Å². The van der Waals surface area contributed by atoms with Crippen molar-refractivity contribution in [1.29, 1.82) is 0 Å². The molecule has 0 aliphatic carbocycles. The monoisotopic (exact) mass is 286 g/mol. The fourth-order valence-electron chi connectivity index (χ4n) is 2.32. The molecule has 7 nitrogen and oxygen atoms in total. The molecule has 0 saturated carbocycles. The second-order valence-corrected chi connectivity index (χ2v) is 4.84. The van der Waals surface area contributed by atoms with E-state index < -0.39 is 12.1 Å². The van der Waals surface area contributed by atoms with Crippen LogP contribution in [0.2, 0.25) is 0 Å². The van der Waals surface area contributed by atoms with Crippen LogP contribution in [0.3, 0.4) is 0 Å². The number of benzene rings is 1. The molecular formula is C14H14N4O3. The van der Waals surface area contributed by atoms with Gasteiger partial charge in [-0.2, -0.15) is 4.98 Å². The summed E-state index contributed by atoms with van der Waals surface area (Å²) in [6.07, 6.45) is 1.20. The average Bonchev–Trinajstić information content (AvgIpc) is 3.01. The topological polar surface area (TPSA) is 88.3 Å². The zero-order chi connectivity index (χ0) is 14.8. The first-order valence-corrected chi connectivity index (χ1v) is 6.58. The van der Waals surface area contributed by atoms with Gasteiger partial charge in [0.05, 0.1) is 6.54 Å². The van der Waals surface area contributed by atoms with Gasteiger partial charge in [0.25, 0.3) is 5.91 Å². The Morgan fingerprint density at radius 1 is 1.29 bits per heavy atom. The van der Waals surface area contributed by atoms with Gasteiger partial charge in [-0.1, -0.05) is 35.5 Å². The smallest absolute Gasteiger partial charge is 0.250 e. The number of aromatic nitrogens is 2. The van der Waals surface area contributed by atoms with Crippen LogP contribution < -0.4 is 5.32 Å². The van der Waals surface area contributed by atoms with Crippen LogP contribution in [0.15, 0.2) is 41.2 Å². The van der Waals surface area contributed by atoms with Crippen molar-refractivity contribution in [3.63, 3.8) is 0 Å². The standard InChI is InChI=1S/C14H14N4O3/c1-9-13(19)16-12(10-5-3-2-4-6-10)14(20)18(9)7-11-15-8-21-17-11/h2-6,8-9,12H,7H2,1H3,(H,16,19). The van der Waals surface area contributed by atoms with Gasteiger partial charge in [0, 0.05) is 0 Å². The molecule has 1 saturated heterocycles. The van der Waals surface area contributed by atoms with E-state index in [4.69, 9.17) is 0 Å². The number of piperazine rings is 1. The molecule has 1 aromatic heterocycles. The minimum Gasteiger partial charge on any atom is -0.343 e. The van der Waals surface area contributed by atoms with Crippen molar-refractivity contribution in [2.45, 2.75) is 25.6 Å². The Labute approximate surface area is 120 Å². The van der Waals surface area contributed by atoms with Gasteiger partial charge in [-0.25, -0.2) is 0 Å². The maximum Gasteiger partial charge on any atom is 0.250 e. The third kappa shape index (κ3) is 2.49. The maximum absolute atomic E-state index is 12.6. The van der Waals surface area contributed by atoms with Crippen LogP contribution in [0, 0.1) is 0 Å². The van der Waals surface area contributed by atoms with Crippen molar-refractivity contribution in [2.75, 3.05) is 0 Å². The number of carbonyl (C=O) groups excluding carboxylic acids is 2. The lowest BCUT2D eigenvalue weighted by Gasteiger charge is -2.36. The lowest BCUT2D eigenvalue weighted by Crippen LogP contribution is -2.58. The van der Waals surface area contributed by atoms with E-state index >= 15 is 0 Å². The van der Waals surface area contributed by atoms with E-state index in [1.54, 1.807) is 6.92 Å². The van der Waals surface area contributed by atoms with Gasteiger partial charge in [0.2, 0.25) is 12.3 Å². The molecule has 2 heterocycles. The summed E-state index contributed by atoms with van der Waals surface area (Å²) in [5.74, 6) is -0.0123. The Morgan fingerprint density at radius 2 is 2.05 bits per heavy atom. The summed E-state index contributed by atoms with van der Waals surface area (Å²) in [5, 5.41) is 6.44. The molecule has 1 N–H and O–H groups in total. The largest absolute Gasteiger partial charge is 0.343 e. The number of hydrogen-bond donors (Lipinski definition) is 1. The molecule has 0 bridgehead atoms. The third-order valence-corrected chi connectivity index (χ3v) is 3.52. The molecule has 2 unspecified atom stereocenters. The summed E-state index contributed by atoms with van der Waals surface area (Å²) in [6.45, 7) is 1.82. The summed E-state index contributed by atoms with van der Waals surface area (Å²) in [4.78, 5) is 30.1. The van der Waals surface area contributed by atoms with Crippen LogP contribution in [0.1, 0.15) is 24.4 Å². The van der Waals surface area contributed by atoms with Crippen LogP contribution in [0.4, 0.5) is 0 Å². The third-order valence-electron chi connectivity index (χ3n) is 3.52. The number of hydrogen-bond acceptors (Lipinski definition) is 5. The van der Waals surface area contributed by atoms with Crippen molar-refractivity contribution in [2.24, 2.45) is 0 Å². The highest BCUT2D eigenvalue weighted by Crippen LogP contribution is 2.23. The highest BCUT2D eigenvalue weighted by molar-refractivity contribution is 5.97. The quantitative estimate of drug-likeness (QED) is 0.895. The fraction of sp³-hybridized carbons (Fsp3) is 0.286. The molecule has 7 heteroatoms. The highest BCUT2D eigenvalue weighted by Gasteiger charge is 2.39. The molecule has 2 atom stereocenters. The minimum atomic E-state index is -0.679. The van der Waals surface area contributed by atoms with Crippen LogP contribution in [-0.2, 0) is 16.1 Å². The SMILES string of the molecule is CC1C(=O)NC(c2ccccc2)C(=O)N1Cc1ncon1. The molecule has 2 aromatic rings. The summed E-state index contributed by atoms with van der Waals surface area (Å²) >= 11 is 0.